The number of aromatic nitrogens is 1. The molecule has 0 radical (unpaired) electrons. The molecule has 1 aliphatic heterocycles. The Hall–Kier alpha value is -3.61. The van der Waals surface area contributed by atoms with Crippen LogP contribution in [0.5, 0.6) is 5.75 Å². The van der Waals surface area contributed by atoms with Crippen LogP contribution in [0.2, 0.25) is 0 Å². The number of anilines is 1. The van der Waals surface area contributed by atoms with Crippen molar-refractivity contribution >= 4 is 28.5 Å². The number of benzene rings is 2. The van der Waals surface area contributed by atoms with Gasteiger partial charge in [-0.25, -0.2) is 4.98 Å². The minimum absolute atomic E-state index is 0.0657. The standard InChI is InChI=1S/C25H28N4O3/c1-17-5-7-18(8-6-17)15-27-23(30)16-32-21-4-2-3-19-9-10-22(28-24(19)21)29-13-11-20(12-14-29)25(26)31/h2-10,20H,11-16H2,1H3,(H2,26,31)(H,27,30). The molecule has 166 valence electrons. The second kappa shape index (κ2) is 9.68. The predicted molar refractivity (Wildman–Crippen MR) is 124 cm³/mol. The Labute approximate surface area is 187 Å². The number of primary amides is 1. The molecule has 4 rings (SSSR count). The number of carbonyl (C=O) groups is 2. The van der Waals surface area contributed by atoms with Crippen LogP contribution in [0.3, 0.4) is 0 Å². The van der Waals surface area contributed by atoms with Crippen molar-refractivity contribution in [3.8, 4) is 5.75 Å². The molecular weight excluding hydrogens is 404 g/mol. The highest BCUT2D eigenvalue weighted by molar-refractivity contribution is 5.86. The van der Waals surface area contributed by atoms with E-state index in [0.717, 1.165) is 42.7 Å². The van der Waals surface area contributed by atoms with Crippen molar-refractivity contribution in [3.05, 3.63) is 65.7 Å². The maximum Gasteiger partial charge on any atom is 0.258 e. The SMILES string of the molecule is Cc1ccc(CNC(=O)COc2cccc3ccc(N4CCC(C(N)=O)CC4)nc23)cc1. The number of pyridine rings is 1. The normalized spacial score (nSPS) is 14.3. The average molecular weight is 433 g/mol. The molecule has 0 bridgehead atoms. The summed E-state index contributed by atoms with van der Waals surface area (Å²) in [5, 5.41) is 3.83. The molecule has 3 N–H and O–H groups in total. The number of para-hydroxylation sites is 1. The van der Waals surface area contributed by atoms with E-state index in [1.807, 2.05) is 61.5 Å². The van der Waals surface area contributed by atoms with E-state index in [1.165, 1.54) is 5.56 Å². The van der Waals surface area contributed by atoms with Crippen LogP contribution in [0, 0.1) is 12.8 Å². The fourth-order valence-corrected chi connectivity index (χ4v) is 3.90. The van der Waals surface area contributed by atoms with E-state index in [-0.39, 0.29) is 24.3 Å². The number of nitrogens with zero attached hydrogens (tertiary/aromatic N) is 2. The van der Waals surface area contributed by atoms with Gasteiger partial charge in [-0.3, -0.25) is 9.59 Å². The summed E-state index contributed by atoms with van der Waals surface area (Å²) in [6.45, 7) is 3.87. The van der Waals surface area contributed by atoms with Gasteiger partial charge in [0.15, 0.2) is 6.61 Å². The molecule has 0 aliphatic carbocycles. The molecule has 2 amide bonds. The lowest BCUT2D eigenvalue weighted by atomic mass is 9.96. The van der Waals surface area contributed by atoms with E-state index in [9.17, 15) is 9.59 Å². The molecule has 1 fully saturated rings. The largest absolute Gasteiger partial charge is 0.481 e. The molecule has 2 heterocycles. The Morgan fingerprint density at radius 3 is 2.56 bits per heavy atom. The van der Waals surface area contributed by atoms with Gasteiger partial charge in [-0.05, 0) is 43.5 Å². The van der Waals surface area contributed by atoms with Gasteiger partial charge in [-0.15, -0.1) is 0 Å². The first-order chi connectivity index (χ1) is 15.5. The molecule has 0 unspecified atom stereocenters. The molecule has 0 atom stereocenters. The highest BCUT2D eigenvalue weighted by atomic mass is 16.5. The Bertz CT molecular complexity index is 1110. The van der Waals surface area contributed by atoms with Crippen molar-refractivity contribution in [3.63, 3.8) is 0 Å². The number of carbonyl (C=O) groups excluding carboxylic acids is 2. The zero-order valence-corrected chi connectivity index (χ0v) is 18.2. The fourth-order valence-electron chi connectivity index (χ4n) is 3.90. The molecule has 0 saturated carbocycles. The summed E-state index contributed by atoms with van der Waals surface area (Å²) in [6.07, 6.45) is 1.46. The topological polar surface area (TPSA) is 97.5 Å². The van der Waals surface area contributed by atoms with Crippen LogP contribution in [0.15, 0.2) is 54.6 Å². The van der Waals surface area contributed by atoms with Crippen molar-refractivity contribution in [2.75, 3.05) is 24.6 Å². The van der Waals surface area contributed by atoms with Gasteiger partial charge in [-0.2, -0.15) is 0 Å². The van der Waals surface area contributed by atoms with Crippen LogP contribution >= 0.6 is 0 Å². The van der Waals surface area contributed by atoms with Crippen LogP contribution in [-0.2, 0) is 16.1 Å². The van der Waals surface area contributed by atoms with Crippen molar-refractivity contribution in [2.24, 2.45) is 11.7 Å². The predicted octanol–water partition coefficient (Wildman–Crippen LogP) is 2.94. The molecule has 2 aromatic carbocycles. The number of aryl methyl sites for hydroxylation is 1. The molecule has 32 heavy (non-hydrogen) atoms. The Kier molecular flexibility index (Phi) is 6.54. The third-order valence-electron chi connectivity index (χ3n) is 5.86. The van der Waals surface area contributed by atoms with Gasteiger partial charge in [0.2, 0.25) is 5.91 Å². The summed E-state index contributed by atoms with van der Waals surface area (Å²) in [6, 6.07) is 17.7. The van der Waals surface area contributed by atoms with Gasteiger partial charge in [0, 0.05) is 30.9 Å². The van der Waals surface area contributed by atoms with E-state index in [1.54, 1.807) is 0 Å². The summed E-state index contributed by atoms with van der Waals surface area (Å²) in [5.74, 6) is 0.922. The van der Waals surface area contributed by atoms with Crippen LogP contribution < -0.4 is 20.7 Å². The first-order valence-corrected chi connectivity index (χ1v) is 10.9. The lowest BCUT2D eigenvalue weighted by Gasteiger charge is -2.31. The molecule has 7 nitrogen and oxygen atoms in total. The van der Waals surface area contributed by atoms with Gasteiger partial charge < -0.3 is 20.7 Å². The van der Waals surface area contributed by atoms with E-state index in [0.29, 0.717) is 17.8 Å². The highest BCUT2D eigenvalue weighted by Gasteiger charge is 2.24. The minimum Gasteiger partial charge on any atom is -0.481 e. The molecule has 1 saturated heterocycles. The quantitative estimate of drug-likeness (QED) is 0.598. The maximum atomic E-state index is 12.3. The molecule has 1 aromatic heterocycles. The smallest absolute Gasteiger partial charge is 0.258 e. The summed E-state index contributed by atoms with van der Waals surface area (Å²) >= 11 is 0. The number of fused-ring (bicyclic) bond motifs is 1. The van der Waals surface area contributed by atoms with Gasteiger partial charge in [0.1, 0.15) is 17.1 Å². The summed E-state index contributed by atoms with van der Waals surface area (Å²) in [5.41, 5.74) is 8.38. The molecule has 0 spiro atoms. The lowest BCUT2D eigenvalue weighted by molar-refractivity contribution is -0.123. The Morgan fingerprint density at radius 1 is 1.09 bits per heavy atom. The molecule has 3 aromatic rings. The van der Waals surface area contributed by atoms with Gasteiger partial charge in [0.05, 0.1) is 0 Å². The second-order valence-corrected chi connectivity index (χ2v) is 8.21. The third-order valence-corrected chi connectivity index (χ3v) is 5.86. The van der Waals surface area contributed by atoms with Crippen molar-refractivity contribution in [1.82, 2.24) is 10.3 Å². The van der Waals surface area contributed by atoms with E-state index in [4.69, 9.17) is 15.5 Å². The van der Waals surface area contributed by atoms with Crippen LogP contribution in [0.4, 0.5) is 5.82 Å². The van der Waals surface area contributed by atoms with Crippen LogP contribution in [0.25, 0.3) is 10.9 Å². The Balaban J connectivity index is 1.40. The van der Waals surface area contributed by atoms with Gasteiger partial charge in [0.25, 0.3) is 5.91 Å². The van der Waals surface area contributed by atoms with Crippen LogP contribution in [-0.4, -0.2) is 36.5 Å². The first-order valence-electron chi connectivity index (χ1n) is 10.9. The zero-order valence-electron chi connectivity index (χ0n) is 18.2. The summed E-state index contributed by atoms with van der Waals surface area (Å²) in [7, 11) is 0. The van der Waals surface area contributed by atoms with Crippen molar-refractivity contribution in [1.29, 1.82) is 0 Å². The number of piperidine rings is 1. The number of hydrogen-bond donors (Lipinski definition) is 2. The molecule has 7 heteroatoms. The monoisotopic (exact) mass is 432 g/mol. The first kappa shape index (κ1) is 21.6. The van der Waals surface area contributed by atoms with Crippen LogP contribution in [0.1, 0.15) is 24.0 Å². The Morgan fingerprint density at radius 2 is 1.84 bits per heavy atom. The highest BCUT2D eigenvalue weighted by Crippen LogP contribution is 2.28. The maximum absolute atomic E-state index is 12.3. The van der Waals surface area contributed by atoms with E-state index >= 15 is 0 Å². The number of amides is 2. The number of nitrogens with two attached hydrogens (primary N) is 1. The molecular formula is C25H28N4O3. The summed E-state index contributed by atoms with van der Waals surface area (Å²) in [4.78, 5) is 30.7. The number of rotatable bonds is 7. The van der Waals surface area contributed by atoms with E-state index < -0.39 is 0 Å². The molecule has 1 aliphatic rings. The number of hydrogen-bond acceptors (Lipinski definition) is 5. The van der Waals surface area contributed by atoms with E-state index in [2.05, 4.69) is 10.2 Å². The average Bonchev–Trinajstić information content (AvgIpc) is 2.82. The lowest BCUT2D eigenvalue weighted by Crippen LogP contribution is -2.38. The second-order valence-electron chi connectivity index (χ2n) is 8.21. The minimum atomic E-state index is -0.229. The zero-order chi connectivity index (χ0) is 22.5. The number of ether oxygens (including phenoxy) is 1. The summed E-state index contributed by atoms with van der Waals surface area (Å²) < 4.78 is 5.83. The number of nitrogens with one attached hydrogen (secondary N) is 1. The third kappa shape index (κ3) is 5.17. The van der Waals surface area contributed by atoms with Gasteiger partial charge in [-0.1, -0.05) is 42.0 Å². The van der Waals surface area contributed by atoms with Gasteiger partial charge >= 0.3 is 0 Å². The van der Waals surface area contributed by atoms with Crippen molar-refractivity contribution in [2.45, 2.75) is 26.3 Å². The fraction of sp³-hybridized carbons (Fsp3) is 0.320. The van der Waals surface area contributed by atoms with Crippen molar-refractivity contribution < 1.29 is 14.3 Å².